The first-order valence-corrected chi connectivity index (χ1v) is 7.57. The summed E-state index contributed by atoms with van der Waals surface area (Å²) in [7, 11) is 0. The molecule has 0 aromatic heterocycles. The average Bonchev–Trinajstić information content (AvgIpc) is 2.35. The van der Waals surface area contributed by atoms with E-state index in [0.717, 1.165) is 0 Å². The van der Waals surface area contributed by atoms with E-state index in [9.17, 15) is 9.59 Å². The van der Waals surface area contributed by atoms with Gasteiger partial charge in [0.05, 0.1) is 37.8 Å². The van der Waals surface area contributed by atoms with Crippen molar-refractivity contribution in [2.45, 2.75) is 58.2 Å². The van der Waals surface area contributed by atoms with Gasteiger partial charge in [-0.3, -0.25) is 9.69 Å². The maximum Gasteiger partial charge on any atom is 0.410 e. The van der Waals surface area contributed by atoms with Crippen LogP contribution in [0.1, 0.15) is 40.5 Å². The van der Waals surface area contributed by atoms with Gasteiger partial charge >= 0.3 is 12.1 Å². The second kappa shape index (κ2) is 6.22. The van der Waals surface area contributed by atoms with E-state index >= 15 is 0 Å². The minimum Gasteiger partial charge on any atom is -0.466 e. The van der Waals surface area contributed by atoms with Gasteiger partial charge < -0.3 is 14.2 Å². The fourth-order valence-electron chi connectivity index (χ4n) is 2.98. The molecule has 2 aliphatic rings. The van der Waals surface area contributed by atoms with Crippen LogP contribution < -0.4 is 0 Å². The predicted octanol–water partition coefficient (Wildman–Crippen LogP) is 1.96. The van der Waals surface area contributed by atoms with Crippen molar-refractivity contribution >= 4 is 12.1 Å². The van der Waals surface area contributed by atoms with Gasteiger partial charge in [0.15, 0.2) is 0 Å². The van der Waals surface area contributed by atoms with E-state index in [1.807, 2.05) is 20.8 Å². The van der Waals surface area contributed by atoms with Crippen LogP contribution in [-0.2, 0) is 19.0 Å². The van der Waals surface area contributed by atoms with Crippen LogP contribution in [0.5, 0.6) is 0 Å². The summed E-state index contributed by atoms with van der Waals surface area (Å²) < 4.78 is 16.1. The minimum absolute atomic E-state index is 0.109. The zero-order valence-electron chi connectivity index (χ0n) is 13.3. The Balaban J connectivity index is 2.06. The lowest BCUT2D eigenvalue weighted by molar-refractivity contribution is -0.156. The lowest BCUT2D eigenvalue weighted by Crippen LogP contribution is -2.60. The molecule has 0 spiro atoms. The highest BCUT2D eigenvalue weighted by atomic mass is 16.6. The lowest BCUT2D eigenvalue weighted by Gasteiger charge is -2.47. The second-order valence-electron chi connectivity index (χ2n) is 6.65. The van der Waals surface area contributed by atoms with Gasteiger partial charge in [-0.25, -0.2) is 4.79 Å². The summed E-state index contributed by atoms with van der Waals surface area (Å²) in [5, 5.41) is 0. The number of fused-ring (bicyclic) bond motifs is 2. The Hall–Kier alpha value is -1.30. The number of amides is 1. The Labute approximate surface area is 125 Å². The molecule has 2 saturated heterocycles. The van der Waals surface area contributed by atoms with Gasteiger partial charge in [0.1, 0.15) is 5.60 Å². The van der Waals surface area contributed by atoms with Crippen LogP contribution in [0.2, 0.25) is 0 Å². The molecular formula is C15H25NO5. The van der Waals surface area contributed by atoms with E-state index in [4.69, 9.17) is 14.2 Å². The van der Waals surface area contributed by atoms with E-state index in [2.05, 4.69) is 0 Å². The Morgan fingerprint density at radius 1 is 1.19 bits per heavy atom. The molecule has 2 atom stereocenters. The van der Waals surface area contributed by atoms with E-state index in [0.29, 0.717) is 32.7 Å². The van der Waals surface area contributed by atoms with Crippen molar-refractivity contribution in [3.63, 3.8) is 0 Å². The molecule has 21 heavy (non-hydrogen) atoms. The minimum atomic E-state index is -0.524. The van der Waals surface area contributed by atoms with Crippen LogP contribution in [0.25, 0.3) is 0 Å². The standard InChI is InChI=1S/C15H25NO5/c1-5-20-13(17)10-6-11-8-19-9-12(7-10)16(11)14(18)21-15(2,3)4/h10-12H,5-9H2,1-4H3. The van der Waals surface area contributed by atoms with Crippen molar-refractivity contribution in [1.82, 2.24) is 4.90 Å². The third kappa shape index (κ3) is 3.87. The van der Waals surface area contributed by atoms with Crippen LogP contribution in [0.4, 0.5) is 4.79 Å². The first-order chi connectivity index (χ1) is 9.81. The first-order valence-electron chi connectivity index (χ1n) is 7.57. The van der Waals surface area contributed by atoms with Crippen molar-refractivity contribution in [3.8, 4) is 0 Å². The van der Waals surface area contributed by atoms with Gasteiger partial charge in [-0.15, -0.1) is 0 Å². The van der Waals surface area contributed by atoms with Crippen molar-refractivity contribution in [2.24, 2.45) is 5.92 Å². The highest BCUT2D eigenvalue weighted by molar-refractivity contribution is 5.74. The smallest absolute Gasteiger partial charge is 0.410 e. The number of piperidine rings is 1. The Morgan fingerprint density at radius 3 is 2.24 bits per heavy atom. The van der Waals surface area contributed by atoms with Crippen LogP contribution >= 0.6 is 0 Å². The van der Waals surface area contributed by atoms with Crippen LogP contribution in [0.3, 0.4) is 0 Å². The third-order valence-electron chi connectivity index (χ3n) is 3.74. The summed E-state index contributed by atoms with van der Waals surface area (Å²) >= 11 is 0. The zero-order valence-corrected chi connectivity index (χ0v) is 13.3. The number of hydrogen-bond donors (Lipinski definition) is 0. The summed E-state index contributed by atoms with van der Waals surface area (Å²) in [6.45, 7) is 8.64. The monoisotopic (exact) mass is 299 g/mol. The summed E-state index contributed by atoms with van der Waals surface area (Å²) in [5.74, 6) is -0.319. The number of nitrogens with zero attached hydrogens (tertiary/aromatic N) is 1. The topological polar surface area (TPSA) is 65.1 Å². The van der Waals surface area contributed by atoms with Crippen molar-refractivity contribution < 1.29 is 23.8 Å². The van der Waals surface area contributed by atoms with Gasteiger partial charge in [-0.1, -0.05) is 0 Å². The van der Waals surface area contributed by atoms with Gasteiger partial charge in [-0.2, -0.15) is 0 Å². The van der Waals surface area contributed by atoms with Crippen molar-refractivity contribution in [2.75, 3.05) is 19.8 Å². The Kier molecular flexibility index (Phi) is 4.76. The SMILES string of the molecule is CCOC(=O)C1CC2COCC(C1)N2C(=O)OC(C)(C)C. The third-order valence-corrected chi connectivity index (χ3v) is 3.74. The molecule has 0 radical (unpaired) electrons. The lowest BCUT2D eigenvalue weighted by atomic mass is 9.85. The number of hydrogen-bond acceptors (Lipinski definition) is 5. The number of carbonyl (C=O) groups excluding carboxylic acids is 2. The molecule has 2 rings (SSSR count). The molecule has 2 bridgehead atoms. The molecule has 1 amide bonds. The molecule has 2 heterocycles. The van der Waals surface area contributed by atoms with Gasteiger partial charge in [0, 0.05) is 0 Å². The second-order valence-corrected chi connectivity index (χ2v) is 6.65. The molecular weight excluding hydrogens is 274 g/mol. The quantitative estimate of drug-likeness (QED) is 0.729. The van der Waals surface area contributed by atoms with Crippen molar-refractivity contribution in [1.29, 1.82) is 0 Å². The molecule has 0 aromatic rings. The van der Waals surface area contributed by atoms with Crippen LogP contribution in [0, 0.1) is 5.92 Å². The Bertz CT molecular complexity index is 389. The predicted molar refractivity (Wildman–Crippen MR) is 75.8 cm³/mol. The summed E-state index contributed by atoms with van der Waals surface area (Å²) in [6, 6.07) is -0.219. The van der Waals surface area contributed by atoms with E-state index in [1.165, 1.54) is 0 Å². The molecule has 0 saturated carbocycles. The molecule has 2 fully saturated rings. The zero-order chi connectivity index (χ0) is 15.6. The fourth-order valence-corrected chi connectivity index (χ4v) is 2.98. The average molecular weight is 299 g/mol. The van der Waals surface area contributed by atoms with Gasteiger partial charge in [-0.05, 0) is 40.5 Å². The normalized spacial score (nSPS) is 29.0. The highest BCUT2D eigenvalue weighted by Crippen LogP contribution is 2.33. The maximum atomic E-state index is 12.4. The van der Waals surface area contributed by atoms with E-state index < -0.39 is 5.60 Å². The van der Waals surface area contributed by atoms with Crippen molar-refractivity contribution in [3.05, 3.63) is 0 Å². The molecule has 0 aliphatic carbocycles. The molecule has 2 unspecified atom stereocenters. The first kappa shape index (κ1) is 16.1. The van der Waals surface area contributed by atoms with Gasteiger partial charge in [0.25, 0.3) is 0 Å². The summed E-state index contributed by atoms with van der Waals surface area (Å²) in [6.07, 6.45) is 0.839. The van der Waals surface area contributed by atoms with Gasteiger partial charge in [0.2, 0.25) is 0 Å². The molecule has 0 aromatic carbocycles. The molecule has 120 valence electrons. The highest BCUT2D eigenvalue weighted by Gasteiger charge is 2.45. The number of ether oxygens (including phenoxy) is 3. The number of carbonyl (C=O) groups is 2. The molecule has 6 nitrogen and oxygen atoms in total. The molecule has 6 heteroatoms. The van der Waals surface area contributed by atoms with E-state index in [1.54, 1.807) is 11.8 Å². The number of rotatable bonds is 2. The van der Waals surface area contributed by atoms with E-state index in [-0.39, 0.29) is 30.1 Å². The van der Waals surface area contributed by atoms with Crippen LogP contribution in [-0.4, -0.2) is 54.5 Å². The maximum absolute atomic E-state index is 12.4. The largest absolute Gasteiger partial charge is 0.466 e. The van der Waals surface area contributed by atoms with Crippen LogP contribution in [0.15, 0.2) is 0 Å². The summed E-state index contributed by atoms with van der Waals surface area (Å²) in [4.78, 5) is 26.1. The molecule has 0 N–H and O–H groups in total. The fraction of sp³-hybridized carbons (Fsp3) is 0.867. The Morgan fingerprint density at radius 2 is 1.76 bits per heavy atom. The number of esters is 1. The number of morpholine rings is 1. The summed E-state index contributed by atoms with van der Waals surface area (Å²) in [5.41, 5.74) is -0.524. The molecule has 2 aliphatic heterocycles.